The smallest absolute Gasteiger partial charge is 0.306 e. The molecule has 0 radical (unpaired) electrons. The van der Waals surface area contributed by atoms with Crippen molar-refractivity contribution in [1.82, 2.24) is 0 Å². The van der Waals surface area contributed by atoms with E-state index in [1.165, 1.54) is 83.5 Å². The number of rotatable bonds is 41. The van der Waals surface area contributed by atoms with Gasteiger partial charge in [-0.2, -0.15) is 0 Å². The lowest BCUT2D eigenvalue weighted by atomic mass is 10.1. The monoisotopic (exact) mass is 819 g/mol. The molecule has 0 saturated carbocycles. The number of esters is 3. The van der Waals surface area contributed by atoms with Gasteiger partial charge in [-0.3, -0.25) is 14.4 Å². The van der Waals surface area contributed by atoms with Gasteiger partial charge >= 0.3 is 17.9 Å². The highest BCUT2D eigenvalue weighted by molar-refractivity contribution is 5.71. The Bertz CT molecular complexity index is 1220. The number of ether oxygens (including phenoxy) is 3. The van der Waals surface area contributed by atoms with Crippen LogP contribution in [0, 0.1) is 0 Å². The first-order chi connectivity index (χ1) is 29.0. The zero-order valence-electron chi connectivity index (χ0n) is 38.0. The van der Waals surface area contributed by atoms with E-state index in [-0.39, 0.29) is 37.5 Å². The quantitative estimate of drug-likeness (QED) is 0.0201. The second-order valence-electron chi connectivity index (χ2n) is 15.4. The largest absolute Gasteiger partial charge is 0.462 e. The van der Waals surface area contributed by atoms with Gasteiger partial charge in [-0.05, 0) is 64.2 Å². The molecule has 0 aliphatic heterocycles. The minimum atomic E-state index is -0.813. The van der Waals surface area contributed by atoms with E-state index in [9.17, 15) is 14.4 Å². The summed E-state index contributed by atoms with van der Waals surface area (Å²) in [5.41, 5.74) is 0. The van der Waals surface area contributed by atoms with Crippen LogP contribution < -0.4 is 0 Å². The first-order valence-electron chi connectivity index (χ1n) is 23.8. The fourth-order valence-corrected chi connectivity index (χ4v) is 6.19. The summed E-state index contributed by atoms with van der Waals surface area (Å²) in [5.74, 6) is -0.998. The maximum absolute atomic E-state index is 12.7. The maximum atomic E-state index is 12.7. The summed E-state index contributed by atoms with van der Waals surface area (Å²) < 4.78 is 16.6. The number of allylic oxidation sites excluding steroid dienone is 16. The molecule has 0 aliphatic rings. The van der Waals surface area contributed by atoms with Crippen molar-refractivity contribution in [1.29, 1.82) is 0 Å². The third-order valence-electron chi connectivity index (χ3n) is 9.71. The average Bonchev–Trinajstić information content (AvgIpc) is 3.23. The SMILES string of the molecule is CC\C=C/C=C\C=C/C=C\C=C/CCCC(=O)OC(COC(=O)CCCCCCCCCCC)COC(=O)CCCCCCCCCCC/C=C\C/C=C\C/C=C\CC. The van der Waals surface area contributed by atoms with Crippen LogP contribution in [0.15, 0.2) is 97.2 Å². The van der Waals surface area contributed by atoms with E-state index in [1.54, 1.807) is 0 Å². The van der Waals surface area contributed by atoms with Crippen LogP contribution in [-0.4, -0.2) is 37.2 Å². The van der Waals surface area contributed by atoms with Gasteiger partial charge in [-0.25, -0.2) is 0 Å². The van der Waals surface area contributed by atoms with Crippen LogP contribution in [0.5, 0.6) is 0 Å². The molecule has 1 unspecified atom stereocenters. The van der Waals surface area contributed by atoms with Crippen LogP contribution >= 0.6 is 0 Å². The molecule has 0 aliphatic carbocycles. The Labute approximate surface area is 362 Å². The van der Waals surface area contributed by atoms with Crippen molar-refractivity contribution >= 4 is 17.9 Å². The number of unbranched alkanes of at least 4 members (excludes halogenated alkanes) is 18. The molecule has 0 heterocycles. The lowest BCUT2D eigenvalue weighted by Gasteiger charge is -2.18. The van der Waals surface area contributed by atoms with Gasteiger partial charge in [-0.15, -0.1) is 0 Å². The molecule has 0 aromatic rings. The van der Waals surface area contributed by atoms with Crippen molar-refractivity contribution in [3.63, 3.8) is 0 Å². The summed E-state index contributed by atoms with van der Waals surface area (Å²) in [4.78, 5) is 37.7. The van der Waals surface area contributed by atoms with Crippen LogP contribution in [0.25, 0.3) is 0 Å². The van der Waals surface area contributed by atoms with Crippen molar-refractivity contribution in [3.05, 3.63) is 97.2 Å². The van der Waals surface area contributed by atoms with Gasteiger partial charge in [-0.1, -0.05) is 214 Å². The van der Waals surface area contributed by atoms with Crippen LogP contribution in [0.3, 0.4) is 0 Å². The Morgan fingerprint density at radius 3 is 1.27 bits per heavy atom. The highest BCUT2D eigenvalue weighted by Crippen LogP contribution is 2.14. The van der Waals surface area contributed by atoms with Crippen LogP contribution in [0.1, 0.15) is 201 Å². The second kappa shape index (κ2) is 47.0. The molecule has 0 rings (SSSR count). The van der Waals surface area contributed by atoms with Crippen LogP contribution in [-0.2, 0) is 28.6 Å². The van der Waals surface area contributed by atoms with E-state index in [2.05, 4.69) is 63.3 Å². The standard InChI is InChI=1S/C53H86O6/c1-4-7-10-13-16-19-21-23-24-25-26-27-28-30-31-34-37-40-43-46-52(55)58-49-50(48-57-51(54)45-42-39-36-33-18-15-12-9-6-3)59-53(56)47-44-41-38-35-32-29-22-20-17-14-11-8-5-2/h7-8,10-11,14,16-17,19-20,22-24,29,32,35,38,50H,4-6,9,12-13,15,18,21,25-28,30-31,33-34,36-37,39-49H2,1-3H3/b10-7-,11-8-,17-14-,19-16-,22-20-,24-23-,32-29-,38-35-. The van der Waals surface area contributed by atoms with Crippen LogP contribution in [0.4, 0.5) is 0 Å². The van der Waals surface area contributed by atoms with E-state index in [4.69, 9.17) is 14.2 Å². The Kier molecular flexibility index (Phi) is 44.1. The van der Waals surface area contributed by atoms with Gasteiger partial charge in [0.1, 0.15) is 13.2 Å². The average molecular weight is 819 g/mol. The van der Waals surface area contributed by atoms with E-state index >= 15 is 0 Å². The summed E-state index contributed by atoms with van der Waals surface area (Å²) in [6.07, 6.45) is 61.2. The highest BCUT2D eigenvalue weighted by Gasteiger charge is 2.19. The number of hydrogen-bond donors (Lipinski definition) is 0. The molecule has 0 N–H and O–H groups in total. The van der Waals surface area contributed by atoms with Crippen LogP contribution in [0.2, 0.25) is 0 Å². The Hall–Kier alpha value is -3.67. The van der Waals surface area contributed by atoms with Gasteiger partial charge in [0.15, 0.2) is 6.10 Å². The van der Waals surface area contributed by atoms with Gasteiger partial charge < -0.3 is 14.2 Å². The lowest BCUT2D eigenvalue weighted by molar-refractivity contribution is -0.167. The predicted molar refractivity (Wildman–Crippen MR) is 251 cm³/mol. The molecule has 0 aromatic carbocycles. The number of carbonyl (C=O) groups excluding carboxylic acids is 3. The normalized spacial score (nSPS) is 12.9. The van der Waals surface area contributed by atoms with Crippen molar-refractivity contribution in [2.75, 3.05) is 13.2 Å². The fraction of sp³-hybridized carbons (Fsp3) is 0.642. The Morgan fingerprint density at radius 2 is 0.763 bits per heavy atom. The van der Waals surface area contributed by atoms with E-state index in [0.717, 1.165) is 70.6 Å². The Balaban J connectivity index is 4.42. The molecular weight excluding hydrogens is 733 g/mol. The molecule has 6 heteroatoms. The first-order valence-corrected chi connectivity index (χ1v) is 23.8. The molecule has 0 bridgehead atoms. The van der Waals surface area contributed by atoms with Gasteiger partial charge in [0.05, 0.1) is 0 Å². The van der Waals surface area contributed by atoms with E-state index in [0.29, 0.717) is 19.3 Å². The molecule has 59 heavy (non-hydrogen) atoms. The van der Waals surface area contributed by atoms with Crippen molar-refractivity contribution < 1.29 is 28.6 Å². The molecular formula is C53H86O6. The van der Waals surface area contributed by atoms with Crippen molar-refractivity contribution in [2.24, 2.45) is 0 Å². The molecule has 0 aromatic heterocycles. The van der Waals surface area contributed by atoms with Gasteiger partial charge in [0.25, 0.3) is 0 Å². The fourth-order valence-electron chi connectivity index (χ4n) is 6.19. The topological polar surface area (TPSA) is 78.9 Å². The molecule has 1 atom stereocenters. The minimum Gasteiger partial charge on any atom is -0.462 e. The lowest BCUT2D eigenvalue weighted by Crippen LogP contribution is -2.30. The molecule has 6 nitrogen and oxygen atoms in total. The zero-order chi connectivity index (χ0) is 43.0. The van der Waals surface area contributed by atoms with Gasteiger partial charge in [0.2, 0.25) is 0 Å². The maximum Gasteiger partial charge on any atom is 0.306 e. The summed E-state index contributed by atoms with van der Waals surface area (Å²) in [5, 5.41) is 0. The number of hydrogen-bond acceptors (Lipinski definition) is 6. The highest BCUT2D eigenvalue weighted by atomic mass is 16.6. The molecule has 0 saturated heterocycles. The van der Waals surface area contributed by atoms with Crippen molar-refractivity contribution in [3.8, 4) is 0 Å². The zero-order valence-corrected chi connectivity index (χ0v) is 38.0. The predicted octanol–water partition coefficient (Wildman–Crippen LogP) is 15.4. The molecule has 0 fully saturated rings. The third kappa shape index (κ3) is 45.3. The molecule has 0 amide bonds. The summed E-state index contributed by atoms with van der Waals surface area (Å²) in [6, 6.07) is 0. The molecule has 0 spiro atoms. The minimum absolute atomic E-state index is 0.108. The number of carbonyl (C=O) groups is 3. The Morgan fingerprint density at radius 1 is 0.373 bits per heavy atom. The summed E-state index contributed by atoms with van der Waals surface area (Å²) >= 11 is 0. The van der Waals surface area contributed by atoms with Gasteiger partial charge in [0, 0.05) is 19.3 Å². The van der Waals surface area contributed by atoms with E-state index < -0.39 is 6.10 Å². The van der Waals surface area contributed by atoms with Crippen molar-refractivity contribution in [2.45, 2.75) is 207 Å². The summed E-state index contributed by atoms with van der Waals surface area (Å²) in [7, 11) is 0. The first kappa shape index (κ1) is 55.3. The van der Waals surface area contributed by atoms with E-state index in [1.807, 2.05) is 54.7 Å². The second-order valence-corrected chi connectivity index (χ2v) is 15.4. The molecule has 334 valence electrons. The third-order valence-corrected chi connectivity index (χ3v) is 9.71. The summed E-state index contributed by atoms with van der Waals surface area (Å²) in [6.45, 7) is 6.28.